The maximum Gasteiger partial charge on any atom is 0.340 e. The van der Waals surface area contributed by atoms with Crippen molar-refractivity contribution in [2.24, 2.45) is 0 Å². The minimum atomic E-state index is -0.602. The molecule has 30 heavy (non-hydrogen) atoms. The van der Waals surface area contributed by atoms with Crippen molar-refractivity contribution in [2.75, 3.05) is 25.9 Å². The maximum atomic E-state index is 13.3. The van der Waals surface area contributed by atoms with E-state index in [1.807, 2.05) is 0 Å². The Labute approximate surface area is 178 Å². The lowest BCUT2D eigenvalue weighted by atomic mass is 10.0. The van der Waals surface area contributed by atoms with Gasteiger partial charge in [-0.05, 0) is 48.9 Å². The molecule has 4 rings (SSSR count). The van der Waals surface area contributed by atoms with E-state index < -0.39 is 5.97 Å². The summed E-state index contributed by atoms with van der Waals surface area (Å²) in [6.07, 6.45) is 1.63. The second-order valence-corrected chi connectivity index (χ2v) is 6.99. The molecule has 0 aliphatic carbocycles. The molecule has 0 spiro atoms. The van der Waals surface area contributed by atoms with Gasteiger partial charge in [-0.2, -0.15) is 0 Å². The highest BCUT2D eigenvalue weighted by Gasteiger charge is 2.38. The van der Waals surface area contributed by atoms with E-state index in [-0.39, 0.29) is 23.8 Å². The number of halogens is 1. The van der Waals surface area contributed by atoms with Gasteiger partial charge in [0.05, 0.1) is 36.1 Å². The summed E-state index contributed by atoms with van der Waals surface area (Å²) in [5, 5.41) is 0.350. The van der Waals surface area contributed by atoms with E-state index in [9.17, 15) is 9.59 Å². The molecule has 1 amide bonds. The van der Waals surface area contributed by atoms with E-state index in [0.717, 1.165) is 0 Å². The molecule has 0 radical (unpaired) electrons. The molecule has 0 unspecified atom stereocenters. The Balaban J connectivity index is 1.80. The number of esters is 1. The summed E-state index contributed by atoms with van der Waals surface area (Å²) in [5.74, 6) is 0.720. The van der Waals surface area contributed by atoms with Crippen molar-refractivity contribution in [1.29, 1.82) is 0 Å². The highest BCUT2D eigenvalue weighted by molar-refractivity contribution is 6.32. The Morgan fingerprint density at radius 3 is 2.60 bits per heavy atom. The van der Waals surface area contributed by atoms with Gasteiger partial charge in [-0.25, -0.2) is 4.79 Å². The van der Waals surface area contributed by atoms with E-state index in [4.69, 9.17) is 30.5 Å². The molecule has 0 atom stereocenters. The molecule has 2 aromatic rings. The van der Waals surface area contributed by atoms with Crippen LogP contribution in [0.25, 0.3) is 6.08 Å². The minimum Gasteiger partial charge on any atom is -0.495 e. The molecular formula is C22H18ClNO6. The number of hydrogen-bond donors (Lipinski definition) is 0. The van der Waals surface area contributed by atoms with E-state index in [0.29, 0.717) is 39.2 Å². The van der Waals surface area contributed by atoms with Crippen LogP contribution in [0.1, 0.15) is 12.5 Å². The number of rotatable bonds is 4. The number of benzene rings is 2. The quantitative estimate of drug-likeness (QED) is 0.543. The zero-order valence-electron chi connectivity index (χ0n) is 16.5. The SMILES string of the molecule is COC(=O)C1=C(C)N(c2ccc(OC)c(Cl)c2)C(=O)/C1=C\c1ccc2c(c1)OCO2. The van der Waals surface area contributed by atoms with Crippen molar-refractivity contribution in [1.82, 2.24) is 0 Å². The Kier molecular flexibility index (Phi) is 5.13. The van der Waals surface area contributed by atoms with E-state index in [1.54, 1.807) is 49.4 Å². The van der Waals surface area contributed by atoms with Gasteiger partial charge in [0.15, 0.2) is 11.5 Å². The van der Waals surface area contributed by atoms with Gasteiger partial charge < -0.3 is 18.9 Å². The van der Waals surface area contributed by atoms with Crippen molar-refractivity contribution in [3.8, 4) is 17.2 Å². The van der Waals surface area contributed by atoms with Gasteiger partial charge in [0.2, 0.25) is 6.79 Å². The molecule has 0 bridgehead atoms. The lowest BCUT2D eigenvalue weighted by Gasteiger charge is -2.19. The van der Waals surface area contributed by atoms with Crippen molar-refractivity contribution in [2.45, 2.75) is 6.92 Å². The highest BCUT2D eigenvalue weighted by atomic mass is 35.5. The predicted octanol–water partition coefficient (Wildman–Crippen LogP) is 3.95. The number of methoxy groups -OCH3 is 2. The van der Waals surface area contributed by atoms with Crippen LogP contribution in [0.15, 0.2) is 53.2 Å². The van der Waals surface area contributed by atoms with E-state index in [1.165, 1.54) is 19.1 Å². The van der Waals surface area contributed by atoms with Crippen molar-refractivity contribution >= 4 is 35.2 Å². The smallest absolute Gasteiger partial charge is 0.340 e. The normalized spacial score (nSPS) is 16.5. The van der Waals surface area contributed by atoms with Gasteiger partial charge >= 0.3 is 5.97 Å². The average molecular weight is 428 g/mol. The van der Waals surface area contributed by atoms with Gasteiger partial charge in [-0.1, -0.05) is 17.7 Å². The number of carbonyl (C=O) groups excluding carboxylic acids is 2. The topological polar surface area (TPSA) is 74.3 Å². The number of amides is 1. The monoisotopic (exact) mass is 427 g/mol. The molecule has 7 nitrogen and oxygen atoms in total. The van der Waals surface area contributed by atoms with E-state index >= 15 is 0 Å². The van der Waals surface area contributed by atoms with Crippen molar-refractivity contribution in [3.63, 3.8) is 0 Å². The van der Waals surface area contributed by atoms with Crippen molar-refractivity contribution in [3.05, 3.63) is 63.8 Å². The zero-order chi connectivity index (χ0) is 21.4. The third-order valence-electron chi connectivity index (χ3n) is 4.89. The Morgan fingerprint density at radius 1 is 1.13 bits per heavy atom. The highest BCUT2D eigenvalue weighted by Crippen LogP contribution is 2.39. The first-order chi connectivity index (χ1) is 14.4. The number of carbonyl (C=O) groups is 2. The summed E-state index contributed by atoms with van der Waals surface area (Å²) in [7, 11) is 2.78. The number of anilines is 1. The predicted molar refractivity (Wildman–Crippen MR) is 111 cm³/mol. The van der Waals surface area contributed by atoms with Gasteiger partial charge in [-0.15, -0.1) is 0 Å². The molecule has 0 aromatic heterocycles. The fourth-order valence-electron chi connectivity index (χ4n) is 3.45. The maximum absolute atomic E-state index is 13.3. The molecule has 0 N–H and O–H groups in total. The summed E-state index contributed by atoms with van der Waals surface area (Å²) in [4.78, 5) is 27.3. The number of fused-ring (bicyclic) bond motifs is 1. The first-order valence-corrected chi connectivity index (χ1v) is 9.41. The number of ether oxygens (including phenoxy) is 4. The van der Waals surface area contributed by atoms with Gasteiger partial charge in [-0.3, -0.25) is 9.69 Å². The molecule has 8 heteroatoms. The fourth-order valence-corrected chi connectivity index (χ4v) is 3.71. The van der Waals surface area contributed by atoms with E-state index in [2.05, 4.69) is 0 Å². The number of nitrogens with zero attached hydrogens (tertiary/aromatic N) is 1. The molecule has 0 saturated heterocycles. The molecule has 0 fully saturated rings. The number of allylic oxidation sites excluding steroid dienone is 1. The van der Waals surface area contributed by atoms with Crippen molar-refractivity contribution < 1.29 is 28.5 Å². The summed E-state index contributed by atoms with van der Waals surface area (Å²) in [6, 6.07) is 10.3. The van der Waals surface area contributed by atoms with Crippen LogP contribution in [0, 0.1) is 0 Å². The number of hydrogen-bond acceptors (Lipinski definition) is 6. The summed E-state index contributed by atoms with van der Waals surface area (Å²) in [5.41, 5.74) is 2.04. The Morgan fingerprint density at radius 2 is 1.90 bits per heavy atom. The van der Waals surface area contributed by atoms with Crippen LogP contribution < -0.4 is 19.1 Å². The second kappa shape index (κ2) is 7.76. The molecule has 2 heterocycles. The molecule has 2 aliphatic rings. The van der Waals surface area contributed by atoms with Crippen LogP contribution in [-0.4, -0.2) is 32.9 Å². The lowest BCUT2D eigenvalue weighted by molar-refractivity contribution is -0.136. The minimum absolute atomic E-state index is 0.146. The van der Waals surface area contributed by atoms with Crippen LogP contribution in [0.5, 0.6) is 17.2 Å². The summed E-state index contributed by atoms with van der Waals surface area (Å²) < 4.78 is 20.8. The average Bonchev–Trinajstić information content (AvgIpc) is 3.29. The lowest BCUT2D eigenvalue weighted by Crippen LogP contribution is -2.24. The molecule has 2 aromatic carbocycles. The summed E-state index contributed by atoms with van der Waals surface area (Å²) in [6.45, 7) is 1.83. The molecule has 154 valence electrons. The van der Waals surface area contributed by atoms with Gasteiger partial charge in [0, 0.05) is 5.70 Å². The summed E-state index contributed by atoms with van der Waals surface area (Å²) >= 11 is 6.24. The van der Waals surface area contributed by atoms with Crippen LogP contribution in [-0.2, 0) is 14.3 Å². The Bertz CT molecular complexity index is 1120. The first kappa shape index (κ1) is 19.8. The van der Waals surface area contributed by atoms with Crippen LogP contribution in [0.2, 0.25) is 5.02 Å². The first-order valence-electron chi connectivity index (χ1n) is 9.03. The molecular weight excluding hydrogens is 410 g/mol. The Hall–Kier alpha value is -3.45. The van der Waals surface area contributed by atoms with Crippen LogP contribution in [0.3, 0.4) is 0 Å². The fraction of sp³-hybridized carbons (Fsp3) is 0.182. The molecule has 2 aliphatic heterocycles. The van der Waals surface area contributed by atoms with Gasteiger partial charge in [0.25, 0.3) is 5.91 Å². The zero-order valence-corrected chi connectivity index (χ0v) is 17.3. The third-order valence-corrected chi connectivity index (χ3v) is 5.19. The third kappa shape index (κ3) is 3.27. The standard InChI is InChI=1S/C22H18ClNO6/c1-12-20(22(26)28-3)15(8-13-4-6-18-19(9-13)30-11-29-18)21(25)24(12)14-5-7-17(27-2)16(23)10-14/h4-10H,11H2,1-3H3/b15-8-. The molecule has 0 saturated carbocycles. The largest absolute Gasteiger partial charge is 0.495 e. The van der Waals surface area contributed by atoms with Gasteiger partial charge in [0.1, 0.15) is 5.75 Å². The van der Waals surface area contributed by atoms with Crippen LogP contribution >= 0.6 is 11.6 Å². The second-order valence-electron chi connectivity index (χ2n) is 6.58. The van der Waals surface area contributed by atoms with Crippen LogP contribution in [0.4, 0.5) is 5.69 Å².